The summed E-state index contributed by atoms with van der Waals surface area (Å²) in [5.41, 5.74) is 3.04. The standard InChI is InChI=1S/C22H29N3O3/c1-17-5-3-6-19(24-17)12-13-23-22(26)25(16-21-7-4-14-28-21)15-18-8-10-20(27-2)11-9-18/h3,5-6,8-11,21H,4,7,12-16H2,1-2H3,(H,23,26)/t21-/m1/s1. The summed E-state index contributed by atoms with van der Waals surface area (Å²) in [5.74, 6) is 0.810. The van der Waals surface area contributed by atoms with Crippen LogP contribution in [0.25, 0.3) is 0 Å². The normalized spacial score (nSPS) is 16.0. The number of aromatic nitrogens is 1. The third-order valence-electron chi connectivity index (χ3n) is 4.87. The Kier molecular flexibility index (Phi) is 7.25. The van der Waals surface area contributed by atoms with Crippen LogP contribution in [0.15, 0.2) is 42.5 Å². The lowest BCUT2D eigenvalue weighted by atomic mass is 10.2. The van der Waals surface area contributed by atoms with Gasteiger partial charge in [0, 0.05) is 44.0 Å². The third-order valence-corrected chi connectivity index (χ3v) is 4.87. The predicted octanol–water partition coefficient (Wildman–Crippen LogP) is 3.33. The van der Waals surface area contributed by atoms with E-state index < -0.39 is 0 Å². The molecule has 0 aliphatic carbocycles. The molecular weight excluding hydrogens is 354 g/mol. The molecule has 1 aromatic heterocycles. The number of nitrogens with one attached hydrogen (secondary N) is 1. The maximum Gasteiger partial charge on any atom is 0.317 e. The number of hydrogen-bond donors (Lipinski definition) is 1. The highest BCUT2D eigenvalue weighted by atomic mass is 16.5. The van der Waals surface area contributed by atoms with Crippen molar-refractivity contribution in [3.8, 4) is 5.75 Å². The largest absolute Gasteiger partial charge is 0.497 e. The number of carbonyl (C=O) groups is 1. The van der Waals surface area contributed by atoms with E-state index in [0.29, 0.717) is 26.1 Å². The van der Waals surface area contributed by atoms with Gasteiger partial charge in [-0.25, -0.2) is 4.79 Å². The number of carbonyl (C=O) groups excluding carboxylic acids is 1. The number of ether oxygens (including phenoxy) is 2. The fraction of sp³-hybridized carbons (Fsp3) is 0.455. The number of hydrogen-bond acceptors (Lipinski definition) is 4. The van der Waals surface area contributed by atoms with Gasteiger partial charge < -0.3 is 19.7 Å². The molecule has 0 saturated carbocycles. The number of rotatable bonds is 8. The average Bonchev–Trinajstić information content (AvgIpc) is 3.21. The van der Waals surface area contributed by atoms with Crippen molar-refractivity contribution in [1.29, 1.82) is 0 Å². The van der Waals surface area contributed by atoms with Gasteiger partial charge in [0.05, 0.1) is 13.2 Å². The molecule has 0 unspecified atom stereocenters. The molecule has 1 fully saturated rings. The van der Waals surface area contributed by atoms with Crippen LogP contribution < -0.4 is 10.1 Å². The molecule has 1 aliphatic heterocycles. The number of pyridine rings is 1. The monoisotopic (exact) mass is 383 g/mol. The van der Waals surface area contributed by atoms with Gasteiger partial charge in [-0.2, -0.15) is 0 Å². The number of aryl methyl sites for hydroxylation is 1. The minimum Gasteiger partial charge on any atom is -0.497 e. The Morgan fingerprint density at radius 2 is 2.11 bits per heavy atom. The Labute approximate surface area is 166 Å². The fourth-order valence-corrected chi connectivity index (χ4v) is 3.35. The summed E-state index contributed by atoms with van der Waals surface area (Å²) in [4.78, 5) is 19.1. The first-order valence-corrected chi connectivity index (χ1v) is 9.84. The summed E-state index contributed by atoms with van der Waals surface area (Å²) in [6.45, 7) is 4.45. The molecule has 0 spiro atoms. The van der Waals surface area contributed by atoms with E-state index in [0.717, 1.165) is 42.1 Å². The van der Waals surface area contributed by atoms with Crippen LogP contribution in [0.1, 0.15) is 29.8 Å². The van der Waals surface area contributed by atoms with Crippen LogP contribution >= 0.6 is 0 Å². The number of urea groups is 1. The zero-order valence-corrected chi connectivity index (χ0v) is 16.7. The van der Waals surface area contributed by atoms with E-state index in [9.17, 15) is 4.79 Å². The van der Waals surface area contributed by atoms with Crippen molar-refractivity contribution in [1.82, 2.24) is 15.2 Å². The molecular formula is C22H29N3O3. The predicted molar refractivity (Wildman–Crippen MR) is 108 cm³/mol. The third kappa shape index (κ3) is 5.96. The Balaban J connectivity index is 1.58. The molecule has 28 heavy (non-hydrogen) atoms. The molecule has 1 aliphatic rings. The average molecular weight is 383 g/mol. The molecule has 0 radical (unpaired) electrons. The molecule has 1 aromatic carbocycles. The maximum atomic E-state index is 12.8. The molecule has 6 nitrogen and oxygen atoms in total. The molecule has 1 saturated heterocycles. The molecule has 1 atom stereocenters. The number of methoxy groups -OCH3 is 1. The van der Waals surface area contributed by atoms with Gasteiger partial charge in [-0.05, 0) is 49.6 Å². The highest BCUT2D eigenvalue weighted by molar-refractivity contribution is 5.74. The molecule has 6 heteroatoms. The first kappa shape index (κ1) is 20.1. The van der Waals surface area contributed by atoms with Crippen molar-refractivity contribution in [2.45, 2.75) is 38.8 Å². The van der Waals surface area contributed by atoms with E-state index in [4.69, 9.17) is 9.47 Å². The van der Waals surface area contributed by atoms with E-state index in [1.54, 1.807) is 7.11 Å². The second-order valence-electron chi connectivity index (χ2n) is 7.12. The van der Waals surface area contributed by atoms with Crippen LogP contribution in [0.2, 0.25) is 0 Å². The lowest BCUT2D eigenvalue weighted by Gasteiger charge is -2.26. The van der Waals surface area contributed by atoms with E-state index in [2.05, 4.69) is 10.3 Å². The molecule has 150 valence electrons. The Morgan fingerprint density at radius 1 is 1.29 bits per heavy atom. The Hall–Kier alpha value is -2.60. The minimum absolute atomic E-state index is 0.0704. The number of benzene rings is 1. The van der Waals surface area contributed by atoms with E-state index in [-0.39, 0.29) is 12.1 Å². The lowest BCUT2D eigenvalue weighted by Crippen LogP contribution is -2.43. The summed E-state index contributed by atoms with van der Waals surface area (Å²) < 4.78 is 11.0. The van der Waals surface area contributed by atoms with Crippen LogP contribution in [-0.4, -0.2) is 48.8 Å². The number of nitrogens with zero attached hydrogens (tertiary/aromatic N) is 2. The van der Waals surface area contributed by atoms with Gasteiger partial charge in [-0.3, -0.25) is 4.98 Å². The second kappa shape index (κ2) is 10.1. The smallest absolute Gasteiger partial charge is 0.317 e. The highest BCUT2D eigenvalue weighted by Gasteiger charge is 2.22. The van der Waals surface area contributed by atoms with Gasteiger partial charge >= 0.3 is 6.03 Å². The highest BCUT2D eigenvalue weighted by Crippen LogP contribution is 2.17. The fourth-order valence-electron chi connectivity index (χ4n) is 3.35. The maximum absolute atomic E-state index is 12.8. The summed E-state index contributed by atoms with van der Waals surface area (Å²) >= 11 is 0. The van der Waals surface area contributed by atoms with Crippen LogP contribution in [-0.2, 0) is 17.7 Å². The van der Waals surface area contributed by atoms with Gasteiger partial charge in [-0.15, -0.1) is 0 Å². The number of amides is 2. The van der Waals surface area contributed by atoms with Gasteiger partial charge in [0.15, 0.2) is 0 Å². The van der Waals surface area contributed by atoms with Crippen LogP contribution in [0.3, 0.4) is 0 Å². The zero-order chi connectivity index (χ0) is 19.8. The van der Waals surface area contributed by atoms with Crippen molar-refractivity contribution in [3.05, 3.63) is 59.4 Å². The lowest BCUT2D eigenvalue weighted by molar-refractivity contribution is 0.0795. The Bertz CT molecular complexity index is 758. The van der Waals surface area contributed by atoms with Crippen molar-refractivity contribution in [2.24, 2.45) is 0 Å². The molecule has 2 heterocycles. The molecule has 3 rings (SSSR count). The van der Waals surface area contributed by atoms with Crippen molar-refractivity contribution >= 4 is 6.03 Å². The van der Waals surface area contributed by atoms with Crippen molar-refractivity contribution < 1.29 is 14.3 Å². The van der Waals surface area contributed by atoms with Crippen LogP contribution in [0.4, 0.5) is 4.79 Å². The van der Waals surface area contributed by atoms with Gasteiger partial charge in [0.1, 0.15) is 5.75 Å². The summed E-state index contributed by atoms with van der Waals surface area (Å²) in [6, 6.07) is 13.7. The molecule has 2 amide bonds. The molecule has 1 N–H and O–H groups in total. The zero-order valence-electron chi connectivity index (χ0n) is 16.7. The first-order valence-electron chi connectivity index (χ1n) is 9.84. The van der Waals surface area contributed by atoms with Crippen molar-refractivity contribution in [3.63, 3.8) is 0 Å². The van der Waals surface area contributed by atoms with Gasteiger partial charge in [-0.1, -0.05) is 18.2 Å². The van der Waals surface area contributed by atoms with Gasteiger partial charge in [0.25, 0.3) is 0 Å². The second-order valence-corrected chi connectivity index (χ2v) is 7.12. The quantitative estimate of drug-likeness (QED) is 0.759. The first-order chi connectivity index (χ1) is 13.6. The summed E-state index contributed by atoms with van der Waals surface area (Å²) in [5, 5.41) is 3.03. The minimum atomic E-state index is -0.0704. The SMILES string of the molecule is COc1ccc(CN(C[C@H]2CCCO2)C(=O)NCCc2cccc(C)n2)cc1. The van der Waals surface area contributed by atoms with E-state index in [1.165, 1.54) is 0 Å². The van der Waals surface area contributed by atoms with E-state index >= 15 is 0 Å². The molecule has 2 aromatic rings. The Morgan fingerprint density at radius 3 is 2.79 bits per heavy atom. The van der Waals surface area contributed by atoms with Crippen molar-refractivity contribution in [2.75, 3.05) is 26.8 Å². The molecule has 0 bridgehead atoms. The van der Waals surface area contributed by atoms with Crippen LogP contribution in [0.5, 0.6) is 5.75 Å². The van der Waals surface area contributed by atoms with Crippen LogP contribution in [0, 0.1) is 6.92 Å². The summed E-state index contributed by atoms with van der Waals surface area (Å²) in [6.07, 6.45) is 2.88. The van der Waals surface area contributed by atoms with E-state index in [1.807, 2.05) is 54.3 Å². The van der Waals surface area contributed by atoms with Gasteiger partial charge in [0.2, 0.25) is 0 Å². The topological polar surface area (TPSA) is 63.7 Å². The summed E-state index contributed by atoms with van der Waals surface area (Å²) in [7, 11) is 1.65.